The summed E-state index contributed by atoms with van der Waals surface area (Å²) in [5, 5.41) is 10.9. The van der Waals surface area contributed by atoms with Gasteiger partial charge < -0.3 is 15.6 Å². The molecule has 1 heterocycles. The maximum Gasteiger partial charge on any atom is 0.223 e. The molecule has 0 spiro atoms. The molecule has 0 bridgehead atoms. The van der Waals surface area contributed by atoms with Gasteiger partial charge in [-0.2, -0.15) is 0 Å². The van der Waals surface area contributed by atoms with Crippen LogP contribution in [-0.2, 0) is 4.79 Å². The first-order valence-corrected chi connectivity index (χ1v) is 12.3. The normalized spacial score (nSPS) is 28.1. The molecular formula is C27H38N4O. The van der Waals surface area contributed by atoms with Gasteiger partial charge in [0.15, 0.2) is 0 Å². The Morgan fingerprint density at radius 1 is 1.12 bits per heavy atom. The van der Waals surface area contributed by atoms with Crippen LogP contribution < -0.4 is 10.2 Å². The summed E-state index contributed by atoms with van der Waals surface area (Å²) in [5.74, 6) is 1.79. The molecule has 4 rings (SSSR count). The van der Waals surface area contributed by atoms with Crippen LogP contribution in [0.2, 0.25) is 0 Å². The lowest BCUT2D eigenvalue weighted by molar-refractivity contribution is -0.123. The molecule has 1 aliphatic heterocycles. The molecule has 1 saturated heterocycles. The van der Waals surface area contributed by atoms with Gasteiger partial charge in [0.05, 0.1) is 0 Å². The molecule has 1 aromatic rings. The van der Waals surface area contributed by atoms with E-state index in [0.717, 1.165) is 75.5 Å². The lowest BCUT2D eigenvalue weighted by atomic mass is 9.84. The van der Waals surface area contributed by atoms with Crippen molar-refractivity contribution in [1.82, 2.24) is 10.2 Å². The molecule has 0 radical (unpaired) electrons. The summed E-state index contributed by atoms with van der Waals surface area (Å²) in [5.41, 5.74) is 3.22. The Morgan fingerprint density at radius 3 is 2.53 bits per heavy atom. The summed E-state index contributed by atoms with van der Waals surface area (Å²) < 4.78 is 0. The van der Waals surface area contributed by atoms with Crippen molar-refractivity contribution < 1.29 is 4.79 Å². The van der Waals surface area contributed by atoms with Crippen LogP contribution in [0, 0.1) is 23.2 Å². The minimum absolute atomic E-state index is 0.218. The van der Waals surface area contributed by atoms with E-state index >= 15 is 0 Å². The number of hydrogen-bond donors (Lipinski definition) is 2. The standard InChI is InChI=1S/C27H38N4O/c1-3-5-20-7-10-24(11-8-20)29-27(32)25-17-23(25)19-30-12-14-31(15-13-30)26-16-21(18-28)6-9-22(26)4-2/h3-4,6,9,16,18,20,23-25,28H,1-2,5,7-8,10-15,17,19H2,(H,29,32)/t20?,23?,24?,25-/m0/s1. The Labute approximate surface area is 193 Å². The Kier molecular flexibility index (Phi) is 7.46. The number of nitrogens with one attached hydrogen (secondary N) is 2. The van der Waals surface area contributed by atoms with Crippen molar-refractivity contribution >= 4 is 23.9 Å². The van der Waals surface area contributed by atoms with Crippen molar-refractivity contribution in [2.75, 3.05) is 37.6 Å². The van der Waals surface area contributed by atoms with Gasteiger partial charge in [-0.1, -0.05) is 30.9 Å². The Morgan fingerprint density at radius 2 is 1.88 bits per heavy atom. The largest absolute Gasteiger partial charge is 0.368 e. The molecule has 2 aliphatic carbocycles. The first-order chi connectivity index (χ1) is 15.6. The van der Waals surface area contributed by atoms with Crippen LogP contribution in [0.1, 0.15) is 49.7 Å². The van der Waals surface area contributed by atoms with Crippen molar-refractivity contribution in [3.8, 4) is 0 Å². The molecule has 3 fully saturated rings. The molecule has 0 aromatic heterocycles. The highest BCUT2D eigenvalue weighted by molar-refractivity contribution is 5.82. The number of rotatable bonds is 9. The highest BCUT2D eigenvalue weighted by Crippen LogP contribution is 2.40. The van der Waals surface area contributed by atoms with Crippen LogP contribution in [0.15, 0.2) is 37.4 Å². The SMILES string of the molecule is C=CCC1CCC(NC(=O)[C@H]2CC2CN2CCN(c3cc(C=N)ccc3C=C)CC2)CC1. The summed E-state index contributed by atoms with van der Waals surface area (Å²) in [6.45, 7) is 12.8. The van der Waals surface area contributed by atoms with E-state index in [1.807, 2.05) is 18.2 Å². The molecule has 3 aliphatic rings. The van der Waals surface area contributed by atoms with E-state index in [2.05, 4.69) is 40.4 Å². The van der Waals surface area contributed by atoms with Gasteiger partial charge in [0.25, 0.3) is 0 Å². The predicted molar refractivity (Wildman–Crippen MR) is 133 cm³/mol. The summed E-state index contributed by atoms with van der Waals surface area (Å²) >= 11 is 0. The summed E-state index contributed by atoms with van der Waals surface area (Å²) in [6.07, 6.45) is 12.2. The number of hydrogen-bond acceptors (Lipinski definition) is 4. The predicted octanol–water partition coefficient (Wildman–Crippen LogP) is 4.34. The third-order valence-electron chi connectivity index (χ3n) is 7.60. The van der Waals surface area contributed by atoms with E-state index in [9.17, 15) is 4.79 Å². The van der Waals surface area contributed by atoms with Gasteiger partial charge in [-0.3, -0.25) is 9.69 Å². The van der Waals surface area contributed by atoms with Gasteiger partial charge in [-0.05, 0) is 67.6 Å². The second kappa shape index (κ2) is 10.5. The monoisotopic (exact) mass is 434 g/mol. The molecule has 1 unspecified atom stereocenters. The Balaban J connectivity index is 1.20. The molecule has 32 heavy (non-hydrogen) atoms. The number of carbonyl (C=O) groups excluding carboxylic acids is 1. The highest BCUT2D eigenvalue weighted by atomic mass is 16.2. The highest BCUT2D eigenvalue weighted by Gasteiger charge is 2.44. The smallest absolute Gasteiger partial charge is 0.223 e. The molecule has 5 heteroatoms. The van der Waals surface area contributed by atoms with Crippen LogP contribution >= 0.6 is 0 Å². The zero-order chi connectivity index (χ0) is 22.5. The minimum atomic E-state index is 0.218. The molecule has 2 atom stereocenters. The average Bonchev–Trinajstić information content (AvgIpc) is 3.60. The topological polar surface area (TPSA) is 59.4 Å². The van der Waals surface area contributed by atoms with E-state index in [1.165, 1.54) is 24.7 Å². The second-order valence-electron chi connectivity index (χ2n) is 9.81. The third kappa shape index (κ3) is 5.50. The quantitative estimate of drug-likeness (QED) is 0.449. The van der Waals surface area contributed by atoms with E-state index in [0.29, 0.717) is 17.9 Å². The van der Waals surface area contributed by atoms with Gasteiger partial charge in [0.2, 0.25) is 5.91 Å². The molecule has 1 aromatic carbocycles. The lowest BCUT2D eigenvalue weighted by Crippen LogP contribution is -2.47. The number of carbonyl (C=O) groups is 1. The first kappa shape index (κ1) is 22.8. The van der Waals surface area contributed by atoms with Crippen LogP contribution in [0.5, 0.6) is 0 Å². The second-order valence-corrected chi connectivity index (χ2v) is 9.81. The number of piperazine rings is 1. The van der Waals surface area contributed by atoms with Gasteiger partial charge in [-0.15, -0.1) is 6.58 Å². The van der Waals surface area contributed by atoms with Crippen molar-refractivity contribution in [2.24, 2.45) is 17.8 Å². The van der Waals surface area contributed by atoms with Gasteiger partial charge in [-0.25, -0.2) is 0 Å². The third-order valence-corrected chi connectivity index (χ3v) is 7.60. The molecule has 2 saturated carbocycles. The van der Waals surface area contributed by atoms with Crippen molar-refractivity contribution in [3.63, 3.8) is 0 Å². The Hall–Kier alpha value is -2.40. The number of benzene rings is 1. The van der Waals surface area contributed by atoms with Crippen LogP contribution in [0.25, 0.3) is 6.08 Å². The lowest BCUT2D eigenvalue weighted by Gasteiger charge is -2.37. The van der Waals surface area contributed by atoms with E-state index < -0.39 is 0 Å². The van der Waals surface area contributed by atoms with Gasteiger partial charge >= 0.3 is 0 Å². The van der Waals surface area contributed by atoms with Crippen LogP contribution in [0.4, 0.5) is 5.69 Å². The average molecular weight is 435 g/mol. The Bertz CT molecular complexity index is 834. The molecule has 1 amide bonds. The van der Waals surface area contributed by atoms with Crippen LogP contribution in [-0.4, -0.2) is 55.8 Å². The number of allylic oxidation sites excluding steroid dienone is 1. The van der Waals surface area contributed by atoms with Gasteiger partial charge in [0.1, 0.15) is 0 Å². The fraction of sp³-hybridized carbons (Fsp3) is 0.556. The number of nitrogens with zero attached hydrogens (tertiary/aromatic N) is 2. The first-order valence-electron chi connectivity index (χ1n) is 12.3. The van der Waals surface area contributed by atoms with Crippen molar-refractivity contribution in [2.45, 2.75) is 44.6 Å². The number of amides is 1. The summed E-state index contributed by atoms with van der Waals surface area (Å²) in [7, 11) is 0. The molecule has 172 valence electrons. The molecule has 5 nitrogen and oxygen atoms in total. The number of anilines is 1. The van der Waals surface area contributed by atoms with Crippen LogP contribution in [0.3, 0.4) is 0 Å². The fourth-order valence-electron chi connectivity index (χ4n) is 5.46. The molecular weight excluding hydrogens is 396 g/mol. The summed E-state index contributed by atoms with van der Waals surface area (Å²) in [6, 6.07) is 6.49. The zero-order valence-electron chi connectivity index (χ0n) is 19.3. The maximum atomic E-state index is 12.7. The maximum absolute atomic E-state index is 12.7. The van der Waals surface area contributed by atoms with Gasteiger partial charge in [0, 0.05) is 56.6 Å². The minimum Gasteiger partial charge on any atom is -0.368 e. The van der Waals surface area contributed by atoms with Crippen molar-refractivity contribution in [3.05, 3.63) is 48.6 Å². The zero-order valence-corrected chi connectivity index (χ0v) is 19.3. The van der Waals surface area contributed by atoms with E-state index in [1.54, 1.807) is 0 Å². The van der Waals surface area contributed by atoms with E-state index in [-0.39, 0.29) is 5.92 Å². The fourth-order valence-corrected chi connectivity index (χ4v) is 5.46. The molecule has 2 N–H and O–H groups in total. The summed E-state index contributed by atoms with van der Waals surface area (Å²) in [4.78, 5) is 17.6. The van der Waals surface area contributed by atoms with Crippen molar-refractivity contribution in [1.29, 1.82) is 5.41 Å². The van der Waals surface area contributed by atoms with E-state index in [4.69, 9.17) is 5.41 Å².